The molecule has 3 rings (SSSR count). The SMILES string of the molecule is COC(=O)c1cccc(OCCSc2nncn2Cc2ccco2)c1. The lowest BCUT2D eigenvalue weighted by Crippen LogP contribution is -2.05. The van der Waals surface area contributed by atoms with Gasteiger partial charge in [-0.3, -0.25) is 0 Å². The zero-order valence-corrected chi connectivity index (χ0v) is 14.4. The second-order valence-electron chi connectivity index (χ2n) is 5.04. The van der Waals surface area contributed by atoms with Crippen LogP contribution in [0.2, 0.25) is 0 Å². The molecule has 0 saturated heterocycles. The summed E-state index contributed by atoms with van der Waals surface area (Å²) in [5.74, 6) is 1.78. The molecule has 0 saturated carbocycles. The molecule has 8 heteroatoms. The van der Waals surface area contributed by atoms with Gasteiger partial charge >= 0.3 is 5.97 Å². The van der Waals surface area contributed by atoms with Gasteiger partial charge in [-0.05, 0) is 30.3 Å². The molecule has 7 nitrogen and oxygen atoms in total. The van der Waals surface area contributed by atoms with E-state index in [-0.39, 0.29) is 5.97 Å². The van der Waals surface area contributed by atoms with Crippen molar-refractivity contribution < 1.29 is 18.7 Å². The van der Waals surface area contributed by atoms with E-state index in [2.05, 4.69) is 10.2 Å². The molecule has 2 heterocycles. The summed E-state index contributed by atoms with van der Waals surface area (Å²) in [6, 6.07) is 10.7. The van der Waals surface area contributed by atoms with Crippen molar-refractivity contribution in [3.8, 4) is 5.75 Å². The van der Waals surface area contributed by atoms with Crippen LogP contribution in [0.15, 0.2) is 58.6 Å². The van der Waals surface area contributed by atoms with Crippen molar-refractivity contribution in [2.24, 2.45) is 0 Å². The van der Waals surface area contributed by atoms with Gasteiger partial charge in [0.1, 0.15) is 17.8 Å². The summed E-state index contributed by atoms with van der Waals surface area (Å²) < 4.78 is 17.6. The number of ether oxygens (including phenoxy) is 2. The van der Waals surface area contributed by atoms with Crippen LogP contribution in [0.3, 0.4) is 0 Å². The highest BCUT2D eigenvalue weighted by Crippen LogP contribution is 2.18. The number of carbonyl (C=O) groups excluding carboxylic acids is 1. The number of carbonyl (C=O) groups is 1. The van der Waals surface area contributed by atoms with E-state index in [1.165, 1.54) is 7.11 Å². The van der Waals surface area contributed by atoms with Gasteiger partial charge in [0.2, 0.25) is 0 Å². The van der Waals surface area contributed by atoms with Crippen molar-refractivity contribution in [2.45, 2.75) is 11.7 Å². The van der Waals surface area contributed by atoms with E-state index in [4.69, 9.17) is 13.9 Å². The van der Waals surface area contributed by atoms with Crippen molar-refractivity contribution >= 4 is 17.7 Å². The van der Waals surface area contributed by atoms with Crippen molar-refractivity contribution in [3.63, 3.8) is 0 Å². The largest absolute Gasteiger partial charge is 0.493 e. The topological polar surface area (TPSA) is 79.4 Å². The molecule has 0 spiro atoms. The minimum atomic E-state index is -0.383. The number of nitrogens with zero attached hydrogens (tertiary/aromatic N) is 3. The van der Waals surface area contributed by atoms with E-state index in [0.29, 0.717) is 30.2 Å². The number of hydrogen-bond donors (Lipinski definition) is 0. The van der Waals surface area contributed by atoms with Gasteiger partial charge < -0.3 is 18.5 Å². The summed E-state index contributed by atoms with van der Waals surface area (Å²) in [6.07, 6.45) is 3.31. The van der Waals surface area contributed by atoms with E-state index in [1.54, 1.807) is 48.6 Å². The minimum absolute atomic E-state index is 0.383. The van der Waals surface area contributed by atoms with Gasteiger partial charge in [0.05, 0.1) is 32.1 Å². The minimum Gasteiger partial charge on any atom is -0.493 e. The molecule has 0 unspecified atom stereocenters. The van der Waals surface area contributed by atoms with Crippen LogP contribution in [0.4, 0.5) is 0 Å². The van der Waals surface area contributed by atoms with Gasteiger partial charge in [0.25, 0.3) is 0 Å². The molecule has 2 aromatic heterocycles. The van der Waals surface area contributed by atoms with E-state index >= 15 is 0 Å². The lowest BCUT2D eigenvalue weighted by molar-refractivity contribution is 0.0600. The highest BCUT2D eigenvalue weighted by atomic mass is 32.2. The molecule has 0 aliphatic carbocycles. The number of aromatic nitrogens is 3. The molecule has 0 fully saturated rings. The smallest absolute Gasteiger partial charge is 0.337 e. The number of methoxy groups -OCH3 is 1. The molecule has 0 radical (unpaired) electrons. The number of esters is 1. The summed E-state index contributed by atoms with van der Waals surface area (Å²) in [5, 5.41) is 8.84. The number of thioether (sulfide) groups is 1. The third kappa shape index (κ3) is 4.63. The van der Waals surface area contributed by atoms with Crippen molar-refractivity contribution in [3.05, 3.63) is 60.3 Å². The predicted molar refractivity (Wildman–Crippen MR) is 91.8 cm³/mol. The third-order valence-corrected chi connectivity index (χ3v) is 4.27. The molecule has 0 atom stereocenters. The van der Waals surface area contributed by atoms with Crippen LogP contribution in [-0.2, 0) is 11.3 Å². The maximum absolute atomic E-state index is 11.5. The lowest BCUT2D eigenvalue weighted by atomic mass is 10.2. The number of benzene rings is 1. The molecule has 0 aliphatic rings. The summed E-state index contributed by atoms with van der Waals surface area (Å²) in [5.41, 5.74) is 0.464. The maximum atomic E-state index is 11.5. The first-order valence-electron chi connectivity index (χ1n) is 7.60. The Labute approximate surface area is 149 Å². The molecule has 0 amide bonds. The summed E-state index contributed by atoms with van der Waals surface area (Å²) in [7, 11) is 1.35. The molecule has 0 bridgehead atoms. The number of hydrogen-bond acceptors (Lipinski definition) is 7. The number of furan rings is 1. The Bertz CT molecular complexity index is 817. The fourth-order valence-electron chi connectivity index (χ4n) is 2.16. The first-order chi connectivity index (χ1) is 12.3. The van der Waals surface area contributed by atoms with Crippen molar-refractivity contribution in [2.75, 3.05) is 19.5 Å². The van der Waals surface area contributed by atoms with E-state index in [9.17, 15) is 4.79 Å². The van der Waals surface area contributed by atoms with Crippen LogP contribution in [0.1, 0.15) is 16.1 Å². The van der Waals surface area contributed by atoms with Gasteiger partial charge in [-0.2, -0.15) is 0 Å². The van der Waals surface area contributed by atoms with E-state index in [1.807, 2.05) is 16.7 Å². The van der Waals surface area contributed by atoms with Crippen molar-refractivity contribution in [1.82, 2.24) is 14.8 Å². The fraction of sp³-hybridized carbons (Fsp3) is 0.235. The lowest BCUT2D eigenvalue weighted by Gasteiger charge is -2.08. The Morgan fingerprint density at radius 1 is 1.32 bits per heavy atom. The second-order valence-corrected chi connectivity index (χ2v) is 6.10. The van der Waals surface area contributed by atoms with Crippen LogP contribution in [0.5, 0.6) is 5.75 Å². The summed E-state index contributed by atoms with van der Waals surface area (Å²) in [6.45, 7) is 1.06. The molecule has 25 heavy (non-hydrogen) atoms. The van der Waals surface area contributed by atoms with Gasteiger partial charge in [-0.15, -0.1) is 10.2 Å². The van der Waals surface area contributed by atoms with Crippen LogP contribution in [0, 0.1) is 0 Å². The monoisotopic (exact) mass is 359 g/mol. The summed E-state index contributed by atoms with van der Waals surface area (Å²) in [4.78, 5) is 11.5. The Balaban J connectivity index is 1.49. The summed E-state index contributed by atoms with van der Waals surface area (Å²) >= 11 is 1.54. The van der Waals surface area contributed by atoms with Gasteiger partial charge in [-0.25, -0.2) is 4.79 Å². The Hall–Kier alpha value is -2.74. The zero-order valence-electron chi connectivity index (χ0n) is 13.6. The zero-order chi connectivity index (χ0) is 17.5. The molecule has 0 N–H and O–H groups in total. The molecule has 130 valence electrons. The normalized spacial score (nSPS) is 10.6. The molecular weight excluding hydrogens is 342 g/mol. The highest BCUT2D eigenvalue weighted by molar-refractivity contribution is 7.99. The average Bonchev–Trinajstić information content (AvgIpc) is 3.31. The van der Waals surface area contributed by atoms with Gasteiger partial charge in [0.15, 0.2) is 5.16 Å². The van der Waals surface area contributed by atoms with Crippen molar-refractivity contribution in [1.29, 1.82) is 0 Å². The third-order valence-electron chi connectivity index (χ3n) is 3.32. The first kappa shape index (κ1) is 17.1. The van der Waals surface area contributed by atoms with Crippen LogP contribution in [-0.4, -0.2) is 40.2 Å². The Morgan fingerprint density at radius 3 is 3.04 bits per heavy atom. The maximum Gasteiger partial charge on any atom is 0.337 e. The van der Waals surface area contributed by atoms with Crippen LogP contribution >= 0.6 is 11.8 Å². The molecular formula is C17H17N3O4S. The van der Waals surface area contributed by atoms with E-state index < -0.39 is 0 Å². The van der Waals surface area contributed by atoms with Crippen LogP contribution in [0.25, 0.3) is 0 Å². The Morgan fingerprint density at radius 2 is 2.24 bits per heavy atom. The molecule has 0 aliphatic heterocycles. The molecule has 1 aromatic carbocycles. The fourth-order valence-corrected chi connectivity index (χ4v) is 2.89. The average molecular weight is 359 g/mol. The van der Waals surface area contributed by atoms with Gasteiger partial charge in [0, 0.05) is 5.75 Å². The first-order valence-corrected chi connectivity index (χ1v) is 8.59. The number of rotatable bonds is 8. The molecule has 3 aromatic rings. The quantitative estimate of drug-likeness (QED) is 0.347. The highest BCUT2D eigenvalue weighted by Gasteiger charge is 2.08. The second kappa shape index (κ2) is 8.39. The van der Waals surface area contributed by atoms with E-state index in [0.717, 1.165) is 10.9 Å². The predicted octanol–water partition coefficient (Wildman–Crippen LogP) is 2.88. The standard InChI is InChI=1S/C17H17N3O4S/c1-22-16(21)13-4-2-5-14(10-13)24-8-9-25-17-19-18-12-20(17)11-15-6-3-7-23-15/h2-7,10,12H,8-9,11H2,1H3. The van der Waals surface area contributed by atoms with Crippen LogP contribution < -0.4 is 4.74 Å². The Kier molecular flexibility index (Phi) is 5.73. The van der Waals surface area contributed by atoms with Gasteiger partial charge in [-0.1, -0.05) is 17.8 Å².